The highest BCUT2D eigenvalue weighted by molar-refractivity contribution is 14.1. The highest BCUT2D eigenvalue weighted by Crippen LogP contribution is 2.36. The lowest BCUT2D eigenvalue weighted by Gasteiger charge is -2.21. The Hall–Kier alpha value is -3.26. The Kier molecular flexibility index (Phi) is 5.50. The fourth-order valence-corrected chi connectivity index (χ4v) is 3.82. The Morgan fingerprint density at radius 2 is 1.70 bits per heavy atom. The number of nitro benzene ring substituents is 1. The number of non-ortho nitro benzene ring substituents is 1. The van der Waals surface area contributed by atoms with Crippen LogP contribution in [0.4, 0.5) is 11.4 Å². The molecule has 0 saturated carbocycles. The highest BCUT2D eigenvalue weighted by Gasteiger charge is 2.30. The maximum atomic E-state index is 13.3. The summed E-state index contributed by atoms with van der Waals surface area (Å²) in [6, 6.07) is 22.0. The summed E-state index contributed by atoms with van der Waals surface area (Å²) >= 11 is 2.23. The quantitative estimate of drug-likeness (QED) is 0.189. The van der Waals surface area contributed by atoms with Gasteiger partial charge in [0.05, 0.1) is 16.3 Å². The van der Waals surface area contributed by atoms with Crippen LogP contribution in [0.25, 0.3) is 11.8 Å². The van der Waals surface area contributed by atoms with Crippen LogP contribution in [0.1, 0.15) is 16.7 Å². The molecule has 0 aliphatic carbocycles. The highest BCUT2D eigenvalue weighted by atomic mass is 127. The maximum Gasteiger partial charge on any atom is 0.269 e. The van der Waals surface area contributed by atoms with Crippen molar-refractivity contribution < 1.29 is 9.72 Å². The van der Waals surface area contributed by atoms with E-state index in [-0.39, 0.29) is 11.6 Å². The molecule has 5 nitrogen and oxygen atoms in total. The molecule has 148 valence electrons. The maximum absolute atomic E-state index is 13.3. The van der Waals surface area contributed by atoms with Gasteiger partial charge < -0.3 is 0 Å². The van der Waals surface area contributed by atoms with Crippen molar-refractivity contribution in [3.05, 3.63) is 115 Å². The van der Waals surface area contributed by atoms with E-state index < -0.39 is 4.92 Å². The van der Waals surface area contributed by atoms with Crippen molar-refractivity contribution in [3.8, 4) is 0 Å². The molecule has 0 bridgehead atoms. The van der Waals surface area contributed by atoms with Gasteiger partial charge >= 0.3 is 0 Å². The van der Waals surface area contributed by atoms with E-state index in [1.165, 1.54) is 12.1 Å². The summed E-state index contributed by atoms with van der Waals surface area (Å²) in [5.74, 6) is -0.133. The van der Waals surface area contributed by atoms with Gasteiger partial charge in [0.1, 0.15) is 0 Å². The smallest absolute Gasteiger partial charge is 0.269 e. The first-order valence-corrected chi connectivity index (χ1v) is 10.4. The molecule has 3 aromatic rings. The first-order valence-electron chi connectivity index (χ1n) is 9.27. The Morgan fingerprint density at radius 1 is 1.00 bits per heavy atom. The second-order valence-electron chi connectivity index (χ2n) is 6.96. The number of benzene rings is 3. The number of carbonyl (C=O) groups is 1. The zero-order valence-corrected chi connectivity index (χ0v) is 18.2. The summed E-state index contributed by atoms with van der Waals surface area (Å²) in [5, 5.41) is 10.9. The summed E-state index contributed by atoms with van der Waals surface area (Å²) in [7, 11) is 0. The van der Waals surface area contributed by atoms with E-state index in [9.17, 15) is 14.9 Å². The summed E-state index contributed by atoms with van der Waals surface area (Å²) < 4.78 is 1.04. The third-order valence-corrected chi connectivity index (χ3v) is 5.49. The molecule has 4 rings (SSSR count). The van der Waals surface area contributed by atoms with Crippen LogP contribution in [0.3, 0.4) is 0 Å². The normalized spacial score (nSPS) is 14.9. The van der Waals surface area contributed by atoms with Gasteiger partial charge in [-0.3, -0.25) is 19.8 Å². The van der Waals surface area contributed by atoms with E-state index in [4.69, 9.17) is 0 Å². The Balaban J connectivity index is 1.79. The van der Waals surface area contributed by atoms with Crippen molar-refractivity contribution in [2.75, 3.05) is 4.90 Å². The number of halogens is 1. The Morgan fingerprint density at radius 3 is 2.33 bits per heavy atom. The lowest BCUT2D eigenvalue weighted by atomic mass is 10.1. The second kappa shape index (κ2) is 8.23. The topological polar surface area (TPSA) is 63.5 Å². The van der Waals surface area contributed by atoms with Crippen molar-refractivity contribution in [2.24, 2.45) is 0 Å². The number of hydrogen-bond acceptors (Lipinski definition) is 3. The van der Waals surface area contributed by atoms with Crippen LogP contribution in [-0.4, -0.2) is 10.8 Å². The first-order chi connectivity index (χ1) is 14.4. The zero-order chi connectivity index (χ0) is 21.3. The van der Waals surface area contributed by atoms with Gasteiger partial charge in [-0.25, -0.2) is 0 Å². The number of amides is 1. The molecular weight excluding hydrogens is 491 g/mol. The van der Waals surface area contributed by atoms with E-state index in [1.807, 2.05) is 61.5 Å². The number of anilines is 1. The van der Waals surface area contributed by atoms with Gasteiger partial charge in [0, 0.05) is 21.3 Å². The first kappa shape index (κ1) is 20.0. The third kappa shape index (κ3) is 4.04. The van der Waals surface area contributed by atoms with Crippen LogP contribution < -0.4 is 4.90 Å². The van der Waals surface area contributed by atoms with Crippen LogP contribution >= 0.6 is 22.6 Å². The Bertz CT molecular complexity index is 1200. The van der Waals surface area contributed by atoms with E-state index in [1.54, 1.807) is 23.1 Å². The summed E-state index contributed by atoms with van der Waals surface area (Å²) in [5.41, 5.74) is 4.96. The predicted octanol–water partition coefficient (Wildman–Crippen LogP) is 5.98. The van der Waals surface area contributed by atoms with Crippen molar-refractivity contribution in [1.29, 1.82) is 0 Å². The molecule has 0 N–H and O–H groups in total. The van der Waals surface area contributed by atoms with E-state index in [2.05, 4.69) is 22.6 Å². The molecule has 3 aromatic carbocycles. The number of nitro groups is 1. The molecule has 1 heterocycles. The fourth-order valence-electron chi connectivity index (χ4n) is 3.30. The lowest BCUT2D eigenvalue weighted by molar-refractivity contribution is -0.384. The molecule has 0 unspecified atom stereocenters. The van der Waals surface area contributed by atoms with Gasteiger partial charge in [0.2, 0.25) is 0 Å². The van der Waals surface area contributed by atoms with Gasteiger partial charge in [-0.1, -0.05) is 35.9 Å². The average molecular weight is 508 g/mol. The molecular formula is C24H17IN2O3. The van der Waals surface area contributed by atoms with Gasteiger partial charge in [-0.15, -0.1) is 0 Å². The average Bonchev–Trinajstić information content (AvgIpc) is 3.05. The van der Waals surface area contributed by atoms with Crippen molar-refractivity contribution in [3.63, 3.8) is 0 Å². The summed E-state index contributed by atoms with van der Waals surface area (Å²) in [6.07, 6.45) is 3.63. The van der Waals surface area contributed by atoms with Crippen LogP contribution in [-0.2, 0) is 4.79 Å². The minimum atomic E-state index is -0.439. The molecule has 1 aliphatic rings. The van der Waals surface area contributed by atoms with Gasteiger partial charge in [0.25, 0.3) is 11.6 Å². The molecule has 1 aliphatic heterocycles. The van der Waals surface area contributed by atoms with Crippen molar-refractivity contribution in [1.82, 2.24) is 0 Å². The molecule has 0 aromatic heterocycles. The van der Waals surface area contributed by atoms with Crippen LogP contribution in [0.2, 0.25) is 0 Å². The van der Waals surface area contributed by atoms with Crippen LogP contribution in [0.5, 0.6) is 0 Å². The molecule has 0 saturated heterocycles. The minimum absolute atomic E-state index is 0.0197. The van der Waals surface area contributed by atoms with Gasteiger partial charge in [0.15, 0.2) is 0 Å². The molecule has 0 spiro atoms. The van der Waals surface area contributed by atoms with E-state index in [0.29, 0.717) is 5.57 Å². The number of nitrogens with zero attached hydrogens (tertiary/aromatic N) is 2. The predicted molar refractivity (Wildman–Crippen MR) is 127 cm³/mol. The lowest BCUT2D eigenvalue weighted by Crippen LogP contribution is -2.25. The molecule has 30 heavy (non-hydrogen) atoms. The number of carbonyl (C=O) groups excluding carboxylic acids is 1. The van der Waals surface area contributed by atoms with Crippen molar-refractivity contribution >= 4 is 51.6 Å². The standard InChI is InChI=1S/C24H17IN2O3/c1-16-5-9-18(10-6-16)23-14-19(13-17-7-11-21(12-8-17)27(29)30)24(28)26(23)22-4-2-3-20(25)15-22/h2-15H,1H3/b19-13+. The SMILES string of the molecule is Cc1ccc(C2=C/C(=C\c3ccc([N+](=O)[O-])cc3)C(=O)N2c2cccc(I)c2)cc1. The third-order valence-electron chi connectivity index (χ3n) is 4.82. The molecule has 0 atom stereocenters. The Labute approximate surface area is 187 Å². The van der Waals surface area contributed by atoms with Crippen molar-refractivity contribution in [2.45, 2.75) is 6.92 Å². The molecule has 1 amide bonds. The molecule has 6 heteroatoms. The molecule has 0 radical (unpaired) electrons. The number of rotatable bonds is 4. The minimum Gasteiger partial charge on any atom is -0.276 e. The summed E-state index contributed by atoms with van der Waals surface area (Å²) in [4.78, 5) is 25.5. The number of hydrogen-bond donors (Lipinski definition) is 0. The second-order valence-corrected chi connectivity index (χ2v) is 8.21. The van der Waals surface area contributed by atoms with Gasteiger partial charge in [-0.2, -0.15) is 0 Å². The summed E-state index contributed by atoms with van der Waals surface area (Å²) in [6.45, 7) is 2.02. The molecule has 0 fully saturated rings. The monoisotopic (exact) mass is 508 g/mol. The number of aryl methyl sites for hydroxylation is 1. The van der Waals surface area contributed by atoms with Gasteiger partial charge in [-0.05, 0) is 83.1 Å². The largest absolute Gasteiger partial charge is 0.276 e. The van der Waals surface area contributed by atoms with E-state index >= 15 is 0 Å². The van der Waals surface area contributed by atoms with Crippen LogP contribution in [0.15, 0.2) is 84.4 Å². The van der Waals surface area contributed by atoms with Crippen LogP contribution in [0, 0.1) is 20.6 Å². The fraction of sp³-hybridized carbons (Fsp3) is 0.0417. The zero-order valence-electron chi connectivity index (χ0n) is 16.1. The van der Waals surface area contributed by atoms with E-state index in [0.717, 1.165) is 31.6 Å².